The zero-order chi connectivity index (χ0) is 18.3. The molecule has 0 aromatic carbocycles. The maximum atomic E-state index is 6.27. The van der Waals surface area contributed by atoms with Crippen molar-refractivity contribution in [2.75, 3.05) is 64.4 Å². The Hall–Kier alpha value is -1.44. The number of nitrogens with zero attached hydrogens (tertiary/aromatic N) is 5. The molecule has 1 aromatic rings. The van der Waals surface area contributed by atoms with Crippen molar-refractivity contribution in [3.8, 4) is 6.01 Å². The van der Waals surface area contributed by atoms with Gasteiger partial charge in [-0.3, -0.25) is 4.90 Å². The molecule has 1 aromatic heterocycles. The van der Waals surface area contributed by atoms with Crippen molar-refractivity contribution in [2.45, 2.75) is 44.2 Å². The average Bonchev–Trinajstić information content (AvgIpc) is 3.27. The molecule has 0 spiro atoms. The predicted octanol–water partition coefficient (Wildman–Crippen LogP) is 1.31. The second-order valence-electron chi connectivity index (χ2n) is 8.56. The van der Waals surface area contributed by atoms with E-state index < -0.39 is 0 Å². The molecule has 0 bridgehead atoms. The van der Waals surface area contributed by atoms with E-state index in [0.717, 1.165) is 57.3 Å². The van der Waals surface area contributed by atoms with Crippen LogP contribution in [0.5, 0.6) is 6.01 Å². The number of ether oxygens (including phenoxy) is 2. The normalized spacial score (nSPS) is 25.4. The third kappa shape index (κ3) is 3.30. The highest BCUT2D eigenvalue weighted by atomic mass is 16.5. The molecule has 0 saturated carbocycles. The van der Waals surface area contributed by atoms with Crippen molar-refractivity contribution in [3.05, 3.63) is 11.3 Å². The van der Waals surface area contributed by atoms with E-state index in [0.29, 0.717) is 12.6 Å². The lowest BCUT2D eigenvalue weighted by Gasteiger charge is -2.35. The van der Waals surface area contributed by atoms with Crippen molar-refractivity contribution >= 4 is 5.82 Å². The van der Waals surface area contributed by atoms with Crippen LogP contribution in [0, 0.1) is 0 Å². The highest BCUT2D eigenvalue weighted by molar-refractivity contribution is 5.51. The van der Waals surface area contributed by atoms with E-state index in [1.54, 1.807) is 0 Å². The largest absolute Gasteiger partial charge is 0.461 e. The molecule has 3 saturated heterocycles. The van der Waals surface area contributed by atoms with Gasteiger partial charge in [-0.25, -0.2) is 0 Å². The molecule has 0 unspecified atom stereocenters. The Kier molecular flexibility index (Phi) is 4.70. The first-order valence-corrected chi connectivity index (χ1v) is 10.5. The highest BCUT2D eigenvalue weighted by Gasteiger charge is 2.45. The molecular weight excluding hydrogens is 342 g/mol. The van der Waals surface area contributed by atoms with Crippen LogP contribution < -0.4 is 9.64 Å². The van der Waals surface area contributed by atoms with Crippen molar-refractivity contribution in [1.29, 1.82) is 0 Å². The maximum absolute atomic E-state index is 6.27. The summed E-state index contributed by atoms with van der Waals surface area (Å²) < 4.78 is 12.0. The molecule has 0 amide bonds. The molecule has 5 rings (SSSR count). The van der Waals surface area contributed by atoms with Crippen LogP contribution >= 0.6 is 0 Å². The molecule has 7 heteroatoms. The van der Waals surface area contributed by atoms with Gasteiger partial charge in [0.1, 0.15) is 12.4 Å². The third-order valence-electron chi connectivity index (χ3n) is 6.86. The summed E-state index contributed by atoms with van der Waals surface area (Å²) in [6, 6.07) is 0.567. The summed E-state index contributed by atoms with van der Waals surface area (Å²) in [7, 11) is 2.18. The first kappa shape index (κ1) is 17.6. The minimum atomic E-state index is 0.233. The fourth-order valence-corrected chi connectivity index (χ4v) is 5.20. The van der Waals surface area contributed by atoms with Crippen LogP contribution in [-0.2, 0) is 17.8 Å². The van der Waals surface area contributed by atoms with Crippen LogP contribution in [0.15, 0.2) is 0 Å². The number of aromatic nitrogens is 2. The summed E-state index contributed by atoms with van der Waals surface area (Å²) >= 11 is 0. The number of hydrogen-bond acceptors (Lipinski definition) is 7. The fourth-order valence-electron chi connectivity index (χ4n) is 5.20. The Labute approximate surface area is 161 Å². The maximum Gasteiger partial charge on any atom is 0.318 e. The minimum absolute atomic E-state index is 0.233. The van der Waals surface area contributed by atoms with E-state index in [2.05, 4.69) is 21.7 Å². The van der Waals surface area contributed by atoms with Crippen LogP contribution in [0.25, 0.3) is 0 Å². The molecule has 4 aliphatic rings. The van der Waals surface area contributed by atoms with Gasteiger partial charge < -0.3 is 19.3 Å². The zero-order valence-electron chi connectivity index (χ0n) is 16.5. The third-order valence-corrected chi connectivity index (χ3v) is 6.86. The number of anilines is 1. The van der Waals surface area contributed by atoms with E-state index in [9.17, 15) is 0 Å². The van der Waals surface area contributed by atoms with Gasteiger partial charge in [0.2, 0.25) is 0 Å². The SMILES string of the molecule is CN1CCN(c2nc(OCC34CCCN3CCC4)nc3c2COCC3)CC1. The molecule has 7 nitrogen and oxygen atoms in total. The second-order valence-corrected chi connectivity index (χ2v) is 8.56. The zero-order valence-corrected chi connectivity index (χ0v) is 16.5. The molecule has 27 heavy (non-hydrogen) atoms. The Bertz CT molecular complexity index is 679. The lowest BCUT2D eigenvalue weighted by atomic mass is 9.95. The summed E-state index contributed by atoms with van der Waals surface area (Å²) in [6.45, 7) is 8.65. The van der Waals surface area contributed by atoms with Gasteiger partial charge in [-0.15, -0.1) is 0 Å². The number of fused-ring (bicyclic) bond motifs is 2. The minimum Gasteiger partial charge on any atom is -0.461 e. The monoisotopic (exact) mass is 373 g/mol. The van der Waals surface area contributed by atoms with Crippen molar-refractivity contribution in [2.24, 2.45) is 0 Å². The standard InChI is InChI=1S/C20H31N5O2/c1-23-9-11-24(12-10-23)18-16-14-26-13-4-17(16)21-19(22-18)27-15-20-5-2-7-25(20)8-3-6-20/h2-15H2,1H3. The number of hydrogen-bond donors (Lipinski definition) is 0. The molecule has 4 aliphatic heterocycles. The molecular formula is C20H31N5O2. The van der Waals surface area contributed by atoms with Crippen LogP contribution in [0.1, 0.15) is 36.9 Å². The van der Waals surface area contributed by atoms with Crippen molar-refractivity contribution in [1.82, 2.24) is 19.8 Å². The smallest absolute Gasteiger partial charge is 0.318 e. The average molecular weight is 374 g/mol. The van der Waals surface area contributed by atoms with E-state index in [-0.39, 0.29) is 5.54 Å². The van der Waals surface area contributed by atoms with Crippen LogP contribution in [-0.4, -0.2) is 84.8 Å². The fraction of sp³-hybridized carbons (Fsp3) is 0.800. The molecule has 0 atom stereocenters. The van der Waals surface area contributed by atoms with E-state index in [1.165, 1.54) is 44.3 Å². The van der Waals surface area contributed by atoms with Crippen molar-refractivity contribution < 1.29 is 9.47 Å². The Balaban J connectivity index is 1.38. The molecule has 0 aliphatic carbocycles. The summed E-state index contributed by atoms with van der Waals surface area (Å²) in [5.41, 5.74) is 2.52. The van der Waals surface area contributed by atoms with Gasteiger partial charge in [0.15, 0.2) is 0 Å². The van der Waals surface area contributed by atoms with Gasteiger partial charge in [0, 0.05) is 38.2 Å². The summed E-state index contributed by atoms with van der Waals surface area (Å²) in [4.78, 5) is 17.0. The van der Waals surface area contributed by atoms with Gasteiger partial charge >= 0.3 is 6.01 Å². The molecule has 0 N–H and O–H groups in total. The topological polar surface area (TPSA) is 54.0 Å². The van der Waals surface area contributed by atoms with E-state index in [1.807, 2.05) is 0 Å². The van der Waals surface area contributed by atoms with Gasteiger partial charge in [0.05, 0.1) is 24.4 Å². The molecule has 148 valence electrons. The molecule has 0 radical (unpaired) electrons. The van der Waals surface area contributed by atoms with Crippen LogP contribution in [0.3, 0.4) is 0 Å². The van der Waals surface area contributed by atoms with Gasteiger partial charge in [-0.1, -0.05) is 0 Å². The van der Waals surface area contributed by atoms with Gasteiger partial charge in [-0.05, 0) is 45.8 Å². The summed E-state index contributed by atoms with van der Waals surface area (Å²) in [5.74, 6) is 1.04. The lowest BCUT2D eigenvalue weighted by molar-refractivity contribution is 0.100. The summed E-state index contributed by atoms with van der Waals surface area (Å²) in [6.07, 6.45) is 5.93. The first-order chi connectivity index (χ1) is 13.2. The number of piperazine rings is 1. The quantitative estimate of drug-likeness (QED) is 0.789. The van der Waals surface area contributed by atoms with Crippen LogP contribution in [0.4, 0.5) is 5.82 Å². The molecule has 5 heterocycles. The Morgan fingerprint density at radius 1 is 1.04 bits per heavy atom. The first-order valence-electron chi connectivity index (χ1n) is 10.5. The van der Waals surface area contributed by atoms with Gasteiger partial charge in [0.25, 0.3) is 0 Å². The highest BCUT2D eigenvalue weighted by Crippen LogP contribution is 2.39. The van der Waals surface area contributed by atoms with E-state index in [4.69, 9.17) is 19.4 Å². The van der Waals surface area contributed by atoms with Crippen LogP contribution in [0.2, 0.25) is 0 Å². The van der Waals surface area contributed by atoms with E-state index >= 15 is 0 Å². The lowest BCUT2D eigenvalue weighted by Crippen LogP contribution is -2.45. The molecule has 3 fully saturated rings. The van der Waals surface area contributed by atoms with Crippen molar-refractivity contribution in [3.63, 3.8) is 0 Å². The Morgan fingerprint density at radius 2 is 1.81 bits per heavy atom. The Morgan fingerprint density at radius 3 is 2.59 bits per heavy atom. The summed E-state index contributed by atoms with van der Waals surface area (Å²) in [5, 5.41) is 0. The number of likely N-dealkylation sites (N-methyl/N-ethyl adjacent to an activating group) is 1. The van der Waals surface area contributed by atoms with Gasteiger partial charge in [-0.2, -0.15) is 9.97 Å². The predicted molar refractivity (Wildman–Crippen MR) is 103 cm³/mol. The second kappa shape index (κ2) is 7.18. The number of rotatable bonds is 4.